The third-order valence-corrected chi connectivity index (χ3v) is 6.89. The quantitative estimate of drug-likeness (QED) is 0.329. The summed E-state index contributed by atoms with van der Waals surface area (Å²) < 4.78 is 5.12. The number of imide groups is 1. The molecule has 1 aliphatic heterocycles. The first kappa shape index (κ1) is 24.0. The predicted octanol–water partition coefficient (Wildman–Crippen LogP) is 4.58. The number of hydrazine groups is 1. The van der Waals surface area contributed by atoms with Crippen LogP contribution in [0.1, 0.15) is 40.5 Å². The molecular weight excluding hydrogens is 479 g/mol. The van der Waals surface area contributed by atoms with Gasteiger partial charge in [0.05, 0.1) is 29.0 Å². The molecule has 2 aromatic rings. The minimum Gasteiger partial charge on any atom is -0.497 e. The molecule has 9 heteroatoms. The minimum atomic E-state index is -0.703. The highest BCUT2D eigenvalue weighted by Crippen LogP contribution is 2.38. The summed E-state index contributed by atoms with van der Waals surface area (Å²) in [6.07, 6.45) is 2.79. The molecule has 0 bridgehead atoms. The van der Waals surface area contributed by atoms with Crippen molar-refractivity contribution in [3.05, 3.63) is 75.3 Å². The molecule has 0 spiro atoms. The van der Waals surface area contributed by atoms with Crippen LogP contribution in [0.3, 0.4) is 0 Å². The molecule has 0 radical (unpaired) electrons. The number of allylic oxidation sites excluding steroid dienone is 2. The minimum absolute atomic E-state index is 0.0988. The van der Waals surface area contributed by atoms with Crippen molar-refractivity contribution in [2.75, 3.05) is 13.7 Å². The van der Waals surface area contributed by atoms with E-state index >= 15 is 0 Å². The number of carbonyl (C=O) groups excluding carboxylic acids is 4. The van der Waals surface area contributed by atoms with Crippen LogP contribution in [0, 0.1) is 11.8 Å². The molecule has 0 aromatic heterocycles. The average Bonchev–Trinajstić information content (AvgIpc) is 3.07. The van der Waals surface area contributed by atoms with Crippen molar-refractivity contribution in [3.63, 3.8) is 0 Å². The number of nitrogens with zero attached hydrogens (tertiary/aromatic N) is 2. The Morgan fingerprint density at radius 1 is 1.00 bits per heavy atom. The molecule has 1 aliphatic carbocycles. The van der Waals surface area contributed by atoms with Gasteiger partial charge < -0.3 is 4.74 Å². The first-order valence-corrected chi connectivity index (χ1v) is 11.4. The molecule has 7 nitrogen and oxygen atoms in total. The number of hydrogen-bond donors (Lipinski definition) is 0. The predicted molar refractivity (Wildman–Crippen MR) is 127 cm³/mol. The number of rotatable bonds is 6. The lowest BCUT2D eigenvalue weighted by molar-refractivity contribution is -0.154. The van der Waals surface area contributed by atoms with Crippen LogP contribution in [0.4, 0.5) is 0 Å². The lowest BCUT2D eigenvalue weighted by Crippen LogP contribution is -2.52. The van der Waals surface area contributed by atoms with E-state index in [0.717, 1.165) is 15.6 Å². The van der Waals surface area contributed by atoms with Crippen molar-refractivity contribution in [1.82, 2.24) is 10.0 Å². The zero-order valence-electron chi connectivity index (χ0n) is 18.6. The molecule has 0 saturated carbocycles. The Morgan fingerprint density at radius 2 is 1.65 bits per heavy atom. The Balaban J connectivity index is 1.69. The Morgan fingerprint density at radius 3 is 2.29 bits per heavy atom. The van der Waals surface area contributed by atoms with Crippen molar-refractivity contribution in [2.45, 2.75) is 19.8 Å². The zero-order chi connectivity index (χ0) is 24.6. The molecule has 176 valence electrons. The lowest BCUT2D eigenvalue weighted by Gasteiger charge is -2.30. The van der Waals surface area contributed by atoms with Gasteiger partial charge >= 0.3 is 0 Å². The Labute approximate surface area is 206 Å². The van der Waals surface area contributed by atoms with E-state index in [2.05, 4.69) is 0 Å². The van der Waals surface area contributed by atoms with Crippen LogP contribution in [0.5, 0.6) is 5.75 Å². The largest absolute Gasteiger partial charge is 0.497 e. The van der Waals surface area contributed by atoms with Gasteiger partial charge in [0.25, 0.3) is 17.7 Å². The number of carbonyl (C=O) groups is 4. The van der Waals surface area contributed by atoms with E-state index < -0.39 is 41.9 Å². The van der Waals surface area contributed by atoms with Gasteiger partial charge in [0.1, 0.15) is 12.3 Å². The molecule has 0 N–H and O–H groups in total. The molecular formula is C25H22Cl2N2O5. The highest BCUT2D eigenvalue weighted by molar-refractivity contribution is 6.42. The van der Waals surface area contributed by atoms with Gasteiger partial charge in [-0.1, -0.05) is 34.9 Å². The number of methoxy groups -OCH3 is 1. The summed E-state index contributed by atoms with van der Waals surface area (Å²) in [6, 6.07) is 10.6. The first-order chi connectivity index (χ1) is 16.2. The molecule has 1 fully saturated rings. The maximum Gasteiger partial charge on any atom is 0.273 e. The van der Waals surface area contributed by atoms with E-state index in [0.29, 0.717) is 24.2 Å². The summed E-state index contributed by atoms with van der Waals surface area (Å²) in [7, 11) is 1.51. The second-order valence-corrected chi connectivity index (χ2v) is 9.15. The second-order valence-electron chi connectivity index (χ2n) is 8.33. The number of Topliss-reactive ketones (excluding diaryl/α,β-unsaturated/α-hetero) is 1. The van der Waals surface area contributed by atoms with Crippen molar-refractivity contribution in [1.29, 1.82) is 0 Å². The third kappa shape index (κ3) is 4.45. The molecule has 3 amide bonds. The van der Waals surface area contributed by atoms with Gasteiger partial charge in [-0.3, -0.25) is 19.2 Å². The number of ether oxygens (including phenoxy) is 1. The molecule has 34 heavy (non-hydrogen) atoms. The Kier molecular flexibility index (Phi) is 6.77. The maximum atomic E-state index is 13.5. The van der Waals surface area contributed by atoms with Crippen LogP contribution in [0.15, 0.2) is 54.1 Å². The normalized spacial score (nSPS) is 19.5. The van der Waals surface area contributed by atoms with Crippen LogP contribution < -0.4 is 4.74 Å². The van der Waals surface area contributed by atoms with E-state index in [-0.39, 0.29) is 15.6 Å². The summed E-state index contributed by atoms with van der Waals surface area (Å²) in [4.78, 5) is 53.2. The molecule has 4 rings (SSSR count). The third-order valence-electron chi connectivity index (χ3n) is 6.15. The number of hydrogen-bond acceptors (Lipinski definition) is 5. The van der Waals surface area contributed by atoms with Crippen LogP contribution in [-0.4, -0.2) is 47.2 Å². The van der Waals surface area contributed by atoms with Crippen molar-refractivity contribution >= 4 is 46.7 Å². The Hall–Kier alpha value is -3.16. The van der Waals surface area contributed by atoms with Crippen LogP contribution in [0.2, 0.25) is 10.0 Å². The van der Waals surface area contributed by atoms with Crippen molar-refractivity contribution < 1.29 is 23.9 Å². The molecule has 2 aliphatic rings. The van der Waals surface area contributed by atoms with E-state index in [9.17, 15) is 19.2 Å². The van der Waals surface area contributed by atoms with Gasteiger partial charge in [0, 0.05) is 11.1 Å². The van der Waals surface area contributed by atoms with Crippen LogP contribution in [0.25, 0.3) is 0 Å². The molecule has 2 atom stereocenters. The molecule has 2 aromatic carbocycles. The summed E-state index contributed by atoms with van der Waals surface area (Å²) in [5.41, 5.74) is 1.42. The molecule has 0 unspecified atom stereocenters. The van der Waals surface area contributed by atoms with E-state index in [1.807, 2.05) is 13.0 Å². The topological polar surface area (TPSA) is 84.0 Å². The van der Waals surface area contributed by atoms with E-state index in [1.165, 1.54) is 25.3 Å². The SMILES string of the molecule is COc1ccc(C(=O)CN(C(=O)c2ccc(Cl)c(Cl)c2)N2C(=O)[C@H]3CC(C)=CC[C@H]3C2=O)cc1. The van der Waals surface area contributed by atoms with Gasteiger partial charge in [-0.15, -0.1) is 0 Å². The van der Waals surface area contributed by atoms with Crippen LogP contribution in [-0.2, 0) is 9.59 Å². The number of ketones is 1. The van der Waals surface area contributed by atoms with Gasteiger partial charge in [0.15, 0.2) is 5.78 Å². The Bertz CT molecular complexity index is 1210. The van der Waals surface area contributed by atoms with Gasteiger partial charge in [0.2, 0.25) is 0 Å². The fourth-order valence-corrected chi connectivity index (χ4v) is 4.57. The maximum absolute atomic E-state index is 13.5. The summed E-state index contributed by atoms with van der Waals surface area (Å²) >= 11 is 12.1. The number of fused-ring (bicyclic) bond motifs is 1. The van der Waals surface area contributed by atoms with Gasteiger partial charge in [-0.05, 0) is 62.2 Å². The fourth-order valence-electron chi connectivity index (χ4n) is 4.27. The first-order valence-electron chi connectivity index (χ1n) is 10.7. The second kappa shape index (κ2) is 9.60. The van der Waals surface area contributed by atoms with Crippen LogP contribution >= 0.6 is 23.2 Å². The summed E-state index contributed by atoms with van der Waals surface area (Å²) in [5, 5.41) is 2.15. The summed E-state index contributed by atoms with van der Waals surface area (Å²) in [6.45, 7) is 1.40. The van der Waals surface area contributed by atoms with Crippen molar-refractivity contribution in [2.24, 2.45) is 11.8 Å². The number of benzene rings is 2. The van der Waals surface area contributed by atoms with Gasteiger partial charge in [-0.25, -0.2) is 5.01 Å². The smallest absolute Gasteiger partial charge is 0.273 e. The monoisotopic (exact) mass is 500 g/mol. The summed E-state index contributed by atoms with van der Waals surface area (Å²) in [5.74, 6) is -2.68. The molecule has 1 saturated heterocycles. The number of amides is 3. The van der Waals surface area contributed by atoms with Gasteiger partial charge in [-0.2, -0.15) is 5.01 Å². The highest BCUT2D eigenvalue weighted by atomic mass is 35.5. The van der Waals surface area contributed by atoms with E-state index in [4.69, 9.17) is 27.9 Å². The fraction of sp³-hybridized carbons (Fsp3) is 0.280. The highest BCUT2D eigenvalue weighted by Gasteiger charge is 2.51. The lowest BCUT2D eigenvalue weighted by atomic mass is 9.82. The zero-order valence-corrected chi connectivity index (χ0v) is 20.1. The molecule has 1 heterocycles. The number of halogens is 2. The standard InChI is InChI=1S/C25H22Cl2N2O5/c1-14-3-9-18-19(11-14)25(33)29(24(18)32)28(23(31)16-6-10-20(26)21(27)12-16)13-22(30)15-4-7-17(34-2)8-5-15/h3-8,10,12,18-19H,9,11,13H2,1-2H3/t18-,19+/m1/s1. The van der Waals surface area contributed by atoms with E-state index in [1.54, 1.807) is 24.3 Å². The average molecular weight is 501 g/mol. The van der Waals surface area contributed by atoms with Crippen molar-refractivity contribution in [3.8, 4) is 5.75 Å².